The summed E-state index contributed by atoms with van der Waals surface area (Å²) in [4.78, 5) is 14.3. The van der Waals surface area contributed by atoms with Crippen molar-refractivity contribution in [1.29, 1.82) is 0 Å². The molecule has 0 spiro atoms. The van der Waals surface area contributed by atoms with E-state index in [1.807, 2.05) is 6.20 Å². The lowest BCUT2D eigenvalue weighted by Gasteiger charge is -2.22. The Kier molecular flexibility index (Phi) is 6.57. The fraction of sp³-hybridized carbons (Fsp3) is 0.600. The first kappa shape index (κ1) is 21.1. The topological polar surface area (TPSA) is 44.3 Å². The highest BCUT2D eigenvalue weighted by atomic mass is 15.3. The lowest BCUT2D eigenvalue weighted by atomic mass is 9.87. The normalized spacial score (nSPS) is 20.9. The highest BCUT2D eigenvalue weighted by Crippen LogP contribution is 2.24. The van der Waals surface area contributed by atoms with Gasteiger partial charge in [0.1, 0.15) is 5.82 Å². The van der Waals surface area contributed by atoms with Gasteiger partial charge in [-0.05, 0) is 41.9 Å². The van der Waals surface area contributed by atoms with Crippen molar-refractivity contribution in [3.05, 3.63) is 47.7 Å². The van der Waals surface area contributed by atoms with Crippen LogP contribution in [0.25, 0.3) is 0 Å². The van der Waals surface area contributed by atoms with Gasteiger partial charge in [-0.25, -0.2) is 4.98 Å². The van der Waals surface area contributed by atoms with E-state index >= 15 is 0 Å². The lowest BCUT2D eigenvalue weighted by Crippen LogP contribution is -2.28. The van der Waals surface area contributed by atoms with Crippen LogP contribution in [-0.4, -0.2) is 47.1 Å². The molecular weight excluding hydrogens is 370 g/mol. The van der Waals surface area contributed by atoms with E-state index in [0.717, 1.165) is 50.9 Å². The molecule has 1 aromatic carbocycles. The van der Waals surface area contributed by atoms with Crippen molar-refractivity contribution in [3.63, 3.8) is 0 Å². The standard InChI is InChI=1S/C25H37N5/c1-25(2,3)21-10-8-20(9-11-21)18-29-17-13-22(19-29)27-24-26-14-12-23(28-24)30-15-6-4-5-7-16-30/h8-12,14,22H,4-7,13,15-19H2,1-3H3,(H,26,27,28). The molecule has 1 atom stereocenters. The summed E-state index contributed by atoms with van der Waals surface area (Å²) in [6.07, 6.45) is 8.24. The third kappa shape index (κ3) is 5.51. The molecule has 2 aromatic rings. The molecule has 3 heterocycles. The number of hydrogen-bond acceptors (Lipinski definition) is 5. The molecule has 4 rings (SSSR count). The minimum atomic E-state index is 0.211. The van der Waals surface area contributed by atoms with Crippen molar-refractivity contribution in [1.82, 2.24) is 14.9 Å². The molecule has 162 valence electrons. The number of rotatable bonds is 5. The minimum absolute atomic E-state index is 0.211. The van der Waals surface area contributed by atoms with Crippen LogP contribution in [0.3, 0.4) is 0 Å². The number of aromatic nitrogens is 2. The van der Waals surface area contributed by atoms with E-state index in [1.54, 1.807) is 0 Å². The van der Waals surface area contributed by atoms with Gasteiger partial charge >= 0.3 is 0 Å². The van der Waals surface area contributed by atoms with E-state index in [0.29, 0.717) is 6.04 Å². The summed E-state index contributed by atoms with van der Waals surface area (Å²) in [5.74, 6) is 1.85. The van der Waals surface area contributed by atoms with Gasteiger partial charge in [0, 0.05) is 45.0 Å². The van der Waals surface area contributed by atoms with E-state index in [2.05, 4.69) is 71.2 Å². The smallest absolute Gasteiger partial charge is 0.224 e. The van der Waals surface area contributed by atoms with Gasteiger partial charge in [-0.3, -0.25) is 4.90 Å². The van der Waals surface area contributed by atoms with E-state index in [-0.39, 0.29) is 5.41 Å². The maximum absolute atomic E-state index is 4.83. The molecule has 5 heteroatoms. The Hall–Kier alpha value is -2.14. The molecule has 0 amide bonds. The molecule has 1 aromatic heterocycles. The molecule has 2 aliphatic rings. The van der Waals surface area contributed by atoms with E-state index in [9.17, 15) is 0 Å². The predicted molar refractivity (Wildman–Crippen MR) is 125 cm³/mol. The third-order valence-electron chi connectivity index (χ3n) is 6.40. The Morgan fingerprint density at radius 2 is 1.70 bits per heavy atom. The van der Waals surface area contributed by atoms with Crippen molar-refractivity contribution in [2.24, 2.45) is 0 Å². The van der Waals surface area contributed by atoms with Gasteiger partial charge in [-0.2, -0.15) is 4.98 Å². The van der Waals surface area contributed by atoms with Gasteiger partial charge in [0.25, 0.3) is 0 Å². The SMILES string of the molecule is CC(C)(C)c1ccc(CN2CCC(Nc3nccc(N4CCCCCC4)n3)C2)cc1. The summed E-state index contributed by atoms with van der Waals surface area (Å²) in [5, 5.41) is 3.59. The van der Waals surface area contributed by atoms with Crippen molar-refractivity contribution >= 4 is 11.8 Å². The molecule has 0 radical (unpaired) electrons. The van der Waals surface area contributed by atoms with Gasteiger partial charge < -0.3 is 10.2 Å². The monoisotopic (exact) mass is 407 g/mol. The van der Waals surface area contributed by atoms with Crippen LogP contribution >= 0.6 is 0 Å². The maximum Gasteiger partial charge on any atom is 0.224 e. The molecule has 0 saturated carbocycles. The molecule has 1 N–H and O–H groups in total. The van der Waals surface area contributed by atoms with Crippen LogP contribution in [0, 0.1) is 0 Å². The highest BCUT2D eigenvalue weighted by Gasteiger charge is 2.23. The summed E-state index contributed by atoms with van der Waals surface area (Å²) in [6.45, 7) is 12.2. The first-order valence-corrected chi connectivity index (χ1v) is 11.6. The Labute approximate surface area is 181 Å². The molecule has 30 heavy (non-hydrogen) atoms. The zero-order chi connectivity index (χ0) is 21.0. The Morgan fingerprint density at radius 3 is 2.40 bits per heavy atom. The zero-order valence-corrected chi connectivity index (χ0v) is 18.9. The number of likely N-dealkylation sites (tertiary alicyclic amines) is 1. The van der Waals surface area contributed by atoms with Crippen LogP contribution in [-0.2, 0) is 12.0 Å². The largest absolute Gasteiger partial charge is 0.356 e. The van der Waals surface area contributed by atoms with Crippen LogP contribution in [0.15, 0.2) is 36.5 Å². The Balaban J connectivity index is 1.31. The van der Waals surface area contributed by atoms with Gasteiger partial charge in [0.2, 0.25) is 5.95 Å². The molecule has 0 aliphatic carbocycles. The second kappa shape index (κ2) is 9.34. The number of nitrogens with zero attached hydrogens (tertiary/aromatic N) is 4. The van der Waals surface area contributed by atoms with Crippen molar-refractivity contribution in [2.75, 3.05) is 36.4 Å². The molecule has 1 unspecified atom stereocenters. The minimum Gasteiger partial charge on any atom is -0.356 e. The molecule has 2 aliphatic heterocycles. The van der Waals surface area contributed by atoms with Crippen LogP contribution in [0.2, 0.25) is 0 Å². The first-order valence-electron chi connectivity index (χ1n) is 11.6. The summed E-state index contributed by atoms with van der Waals surface area (Å²) >= 11 is 0. The average Bonchev–Trinajstić information content (AvgIpc) is 2.98. The predicted octanol–water partition coefficient (Wildman–Crippen LogP) is 4.84. The van der Waals surface area contributed by atoms with Gasteiger partial charge in [0.05, 0.1) is 0 Å². The summed E-state index contributed by atoms with van der Waals surface area (Å²) in [6, 6.07) is 11.6. The van der Waals surface area contributed by atoms with Crippen LogP contribution in [0.1, 0.15) is 64.0 Å². The molecular formula is C25H37N5. The lowest BCUT2D eigenvalue weighted by molar-refractivity contribution is 0.328. The van der Waals surface area contributed by atoms with Crippen LogP contribution < -0.4 is 10.2 Å². The van der Waals surface area contributed by atoms with Gasteiger partial charge in [-0.15, -0.1) is 0 Å². The molecule has 5 nitrogen and oxygen atoms in total. The molecule has 0 bridgehead atoms. The number of hydrogen-bond donors (Lipinski definition) is 1. The summed E-state index contributed by atoms with van der Waals surface area (Å²) < 4.78 is 0. The Morgan fingerprint density at radius 1 is 0.967 bits per heavy atom. The van der Waals surface area contributed by atoms with Crippen molar-refractivity contribution < 1.29 is 0 Å². The van der Waals surface area contributed by atoms with Crippen molar-refractivity contribution in [2.45, 2.75) is 70.9 Å². The molecule has 2 saturated heterocycles. The van der Waals surface area contributed by atoms with Crippen LogP contribution in [0.5, 0.6) is 0 Å². The first-order chi connectivity index (χ1) is 14.5. The van der Waals surface area contributed by atoms with E-state index in [4.69, 9.17) is 4.98 Å². The zero-order valence-electron chi connectivity index (χ0n) is 18.9. The van der Waals surface area contributed by atoms with Crippen LogP contribution in [0.4, 0.5) is 11.8 Å². The second-order valence-corrected chi connectivity index (χ2v) is 9.95. The Bertz CT molecular complexity index is 803. The fourth-order valence-corrected chi connectivity index (χ4v) is 4.54. The van der Waals surface area contributed by atoms with Gasteiger partial charge in [0.15, 0.2) is 0 Å². The van der Waals surface area contributed by atoms with Crippen molar-refractivity contribution in [3.8, 4) is 0 Å². The quantitative estimate of drug-likeness (QED) is 0.768. The third-order valence-corrected chi connectivity index (χ3v) is 6.40. The second-order valence-electron chi connectivity index (χ2n) is 9.95. The molecule has 2 fully saturated rings. The number of anilines is 2. The fourth-order valence-electron chi connectivity index (χ4n) is 4.54. The summed E-state index contributed by atoms with van der Waals surface area (Å²) in [5.41, 5.74) is 3.00. The highest BCUT2D eigenvalue weighted by molar-refractivity contribution is 5.43. The summed E-state index contributed by atoms with van der Waals surface area (Å²) in [7, 11) is 0. The number of benzene rings is 1. The maximum atomic E-state index is 4.83. The average molecular weight is 408 g/mol. The van der Waals surface area contributed by atoms with E-state index < -0.39 is 0 Å². The number of nitrogens with one attached hydrogen (secondary N) is 1. The van der Waals surface area contributed by atoms with E-state index in [1.165, 1.54) is 36.8 Å². The van der Waals surface area contributed by atoms with Gasteiger partial charge in [-0.1, -0.05) is 57.9 Å².